The van der Waals surface area contributed by atoms with E-state index >= 15 is 0 Å². The lowest BCUT2D eigenvalue weighted by Crippen LogP contribution is -2.46. The second-order valence-corrected chi connectivity index (χ2v) is 7.89. The second-order valence-electron chi connectivity index (χ2n) is 6.05. The van der Waals surface area contributed by atoms with E-state index in [1.807, 2.05) is 0 Å². The third-order valence-corrected chi connectivity index (χ3v) is 6.61. The third-order valence-electron chi connectivity index (χ3n) is 4.69. The van der Waals surface area contributed by atoms with Gasteiger partial charge in [-0.1, -0.05) is 12.8 Å². The van der Waals surface area contributed by atoms with Crippen molar-refractivity contribution in [2.24, 2.45) is 13.0 Å². The first-order valence-electron chi connectivity index (χ1n) is 7.29. The Labute approximate surface area is 124 Å². The first kappa shape index (κ1) is 14.6. The van der Waals surface area contributed by atoms with Gasteiger partial charge in [0.2, 0.25) is 10.0 Å². The van der Waals surface area contributed by atoms with Gasteiger partial charge in [-0.15, -0.1) is 0 Å². The Morgan fingerprint density at radius 3 is 2.67 bits per heavy atom. The number of hydrogen-bond donors (Lipinski definition) is 1. The van der Waals surface area contributed by atoms with E-state index in [1.165, 1.54) is 16.6 Å². The number of aliphatic carboxylic acids is 1. The average Bonchev–Trinajstić information content (AvgIpc) is 3.02. The van der Waals surface area contributed by atoms with Crippen molar-refractivity contribution in [1.29, 1.82) is 0 Å². The van der Waals surface area contributed by atoms with Gasteiger partial charge in [0.15, 0.2) is 0 Å². The highest BCUT2D eigenvalue weighted by Crippen LogP contribution is 2.42. The largest absolute Gasteiger partial charge is 0.480 e. The van der Waals surface area contributed by atoms with Crippen LogP contribution in [-0.4, -0.2) is 40.4 Å². The normalized spacial score (nSPS) is 30.2. The number of carboxylic acids is 1. The predicted molar refractivity (Wildman–Crippen MR) is 76.2 cm³/mol. The van der Waals surface area contributed by atoms with Crippen molar-refractivity contribution < 1.29 is 18.3 Å². The highest BCUT2D eigenvalue weighted by Gasteiger charge is 2.51. The van der Waals surface area contributed by atoms with E-state index in [2.05, 4.69) is 0 Å². The van der Waals surface area contributed by atoms with Crippen LogP contribution in [0.15, 0.2) is 23.4 Å². The summed E-state index contributed by atoms with van der Waals surface area (Å²) in [5.41, 5.74) is 0. The maximum absolute atomic E-state index is 12.9. The third kappa shape index (κ3) is 2.38. The maximum atomic E-state index is 12.9. The monoisotopic (exact) mass is 312 g/mol. The second kappa shape index (κ2) is 5.14. The van der Waals surface area contributed by atoms with Crippen molar-refractivity contribution in [3.8, 4) is 0 Å². The van der Waals surface area contributed by atoms with Crippen LogP contribution in [0.3, 0.4) is 0 Å². The Morgan fingerprint density at radius 1 is 1.33 bits per heavy atom. The summed E-state index contributed by atoms with van der Waals surface area (Å²) in [6.07, 6.45) is 7.35. The summed E-state index contributed by atoms with van der Waals surface area (Å²) in [4.78, 5) is 11.7. The number of aryl methyl sites for hydroxylation is 1. The molecule has 3 atom stereocenters. The van der Waals surface area contributed by atoms with E-state index in [1.54, 1.807) is 17.8 Å². The van der Waals surface area contributed by atoms with E-state index in [4.69, 9.17) is 0 Å². The van der Waals surface area contributed by atoms with E-state index in [0.717, 1.165) is 25.7 Å². The Kier molecular flexibility index (Phi) is 3.57. The summed E-state index contributed by atoms with van der Waals surface area (Å²) in [6, 6.07) is 0.443. The molecule has 0 amide bonds. The lowest BCUT2D eigenvalue weighted by Gasteiger charge is -2.31. The minimum Gasteiger partial charge on any atom is -0.480 e. The summed E-state index contributed by atoms with van der Waals surface area (Å²) in [6.45, 7) is 0. The van der Waals surface area contributed by atoms with Crippen LogP contribution < -0.4 is 0 Å². The molecule has 0 aromatic carbocycles. The van der Waals surface area contributed by atoms with Crippen LogP contribution in [-0.2, 0) is 21.9 Å². The Bertz CT molecular complexity index is 652. The first-order valence-corrected chi connectivity index (χ1v) is 8.73. The molecule has 116 valence electrons. The van der Waals surface area contributed by atoms with Crippen LogP contribution in [0.4, 0.5) is 0 Å². The molecule has 2 aliphatic rings. The van der Waals surface area contributed by atoms with Gasteiger partial charge < -0.3 is 9.67 Å². The van der Waals surface area contributed by atoms with E-state index in [-0.39, 0.29) is 16.9 Å². The molecule has 2 heterocycles. The van der Waals surface area contributed by atoms with Crippen LogP contribution in [0, 0.1) is 5.92 Å². The number of aromatic nitrogens is 1. The molecule has 3 unspecified atom stereocenters. The van der Waals surface area contributed by atoms with Crippen LogP contribution in [0.2, 0.25) is 0 Å². The standard InChI is InChI=1S/C14H20N2O4S/c1-15-7-6-11(9-15)21(19,20)16-12-5-3-2-4-10(12)8-13(16)14(17)18/h6-7,9-10,12-13H,2-5,8H2,1H3,(H,17,18). The number of carbonyl (C=O) groups is 1. The SMILES string of the molecule is Cn1ccc(S(=O)(=O)N2C(C(=O)O)CC3CCCCC32)c1. The number of hydrogen-bond acceptors (Lipinski definition) is 3. The zero-order chi connectivity index (χ0) is 15.2. The zero-order valence-corrected chi connectivity index (χ0v) is 12.8. The minimum atomic E-state index is -3.75. The molecular weight excluding hydrogens is 292 g/mol. The molecule has 1 saturated heterocycles. The molecule has 1 aromatic heterocycles. The van der Waals surface area contributed by atoms with Crippen molar-refractivity contribution in [1.82, 2.24) is 8.87 Å². The molecule has 1 N–H and O–H groups in total. The maximum Gasteiger partial charge on any atom is 0.322 e. The molecule has 1 aliphatic heterocycles. The van der Waals surface area contributed by atoms with Gasteiger partial charge in [0.1, 0.15) is 6.04 Å². The number of sulfonamides is 1. The summed E-state index contributed by atoms with van der Waals surface area (Å²) in [5, 5.41) is 9.43. The van der Waals surface area contributed by atoms with E-state index < -0.39 is 22.0 Å². The quantitative estimate of drug-likeness (QED) is 0.915. The van der Waals surface area contributed by atoms with E-state index in [9.17, 15) is 18.3 Å². The molecule has 21 heavy (non-hydrogen) atoms. The lowest BCUT2D eigenvalue weighted by atomic mass is 9.85. The van der Waals surface area contributed by atoms with Gasteiger partial charge in [-0.25, -0.2) is 8.42 Å². The molecule has 1 aromatic rings. The predicted octanol–water partition coefficient (Wildman–Crippen LogP) is 1.43. The van der Waals surface area contributed by atoms with Gasteiger partial charge in [-0.05, 0) is 31.2 Å². The lowest BCUT2D eigenvalue weighted by molar-refractivity contribution is -0.141. The molecule has 6 nitrogen and oxygen atoms in total. The molecule has 3 rings (SSSR count). The van der Waals surface area contributed by atoms with Crippen LogP contribution in [0.1, 0.15) is 32.1 Å². The molecule has 0 radical (unpaired) electrons. The molecule has 2 fully saturated rings. The van der Waals surface area contributed by atoms with Crippen molar-refractivity contribution in [3.63, 3.8) is 0 Å². The Balaban J connectivity index is 2.02. The van der Waals surface area contributed by atoms with Crippen molar-refractivity contribution in [2.45, 2.75) is 49.1 Å². The minimum absolute atomic E-state index is 0.162. The molecular formula is C14H20N2O4S. The highest BCUT2D eigenvalue weighted by atomic mass is 32.2. The van der Waals surface area contributed by atoms with Crippen molar-refractivity contribution in [3.05, 3.63) is 18.5 Å². The molecule has 0 bridgehead atoms. The van der Waals surface area contributed by atoms with Crippen LogP contribution >= 0.6 is 0 Å². The topological polar surface area (TPSA) is 79.6 Å². The summed E-state index contributed by atoms with van der Waals surface area (Å²) < 4.78 is 28.7. The van der Waals surface area contributed by atoms with Crippen LogP contribution in [0.5, 0.6) is 0 Å². The number of rotatable bonds is 3. The highest BCUT2D eigenvalue weighted by molar-refractivity contribution is 7.89. The van der Waals surface area contributed by atoms with Crippen molar-refractivity contribution >= 4 is 16.0 Å². The summed E-state index contributed by atoms with van der Waals surface area (Å²) in [5.74, 6) is -0.859. The first-order chi connectivity index (χ1) is 9.91. The number of fused-ring (bicyclic) bond motifs is 1. The van der Waals surface area contributed by atoms with Crippen LogP contribution in [0.25, 0.3) is 0 Å². The fraction of sp³-hybridized carbons (Fsp3) is 0.643. The fourth-order valence-electron chi connectivity index (χ4n) is 3.73. The fourth-order valence-corrected chi connectivity index (χ4v) is 5.65. The van der Waals surface area contributed by atoms with Gasteiger partial charge in [-0.3, -0.25) is 4.79 Å². The molecule has 7 heteroatoms. The van der Waals surface area contributed by atoms with Crippen molar-refractivity contribution in [2.75, 3.05) is 0 Å². The van der Waals surface area contributed by atoms with Gasteiger partial charge in [-0.2, -0.15) is 4.31 Å². The van der Waals surface area contributed by atoms with Gasteiger partial charge >= 0.3 is 5.97 Å². The van der Waals surface area contributed by atoms with E-state index in [0.29, 0.717) is 6.42 Å². The smallest absolute Gasteiger partial charge is 0.322 e. The van der Waals surface area contributed by atoms with Gasteiger partial charge in [0.05, 0.1) is 4.90 Å². The Hall–Kier alpha value is -1.34. The molecule has 1 saturated carbocycles. The summed E-state index contributed by atoms with van der Waals surface area (Å²) in [7, 11) is -2.00. The van der Waals surface area contributed by atoms with Gasteiger partial charge in [0.25, 0.3) is 0 Å². The molecule has 0 spiro atoms. The number of nitrogens with zero attached hydrogens (tertiary/aromatic N) is 2. The Morgan fingerprint density at radius 2 is 2.05 bits per heavy atom. The van der Waals surface area contributed by atoms with Gasteiger partial charge in [0, 0.05) is 25.5 Å². The average molecular weight is 312 g/mol. The zero-order valence-electron chi connectivity index (χ0n) is 12.0. The number of carboxylic acid groups (broad SMARTS) is 1. The summed E-state index contributed by atoms with van der Waals surface area (Å²) >= 11 is 0. The molecule has 1 aliphatic carbocycles.